The molecule has 1 saturated carbocycles. The number of nitriles is 1. The second-order valence-corrected chi connectivity index (χ2v) is 6.93. The van der Waals surface area contributed by atoms with Crippen molar-refractivity contribution in [2.24, 2.45) is 0 Å². The number of rotatable bonds is 3. The summed E-state index contributed by atoms with van der Waals surface area (Å²) in [4.78, 5) is 1.76. The van der Waals surface area contributed by atoms with Gasteiger partial charge in [0.15, 0.2) is 0 Å². The van der Waals surface area contributed by atoms with Crippen molar-refractivity contribution < 1.29 is 13.2 Å². The number of nitrogens with zero attached hydrogens (tertiary/aromatic N) is 5. The predicted molar refractivity (Wildman–Crippen MR) is 88.6 cm³/mol. The molecule has 0 radical (unpaired) electrons. The van der Waals surface area contributed by atoms with Crippen LogP contribution in [-0.4, -0.2) is 27.9 Å². The lowest BCUT2D eigenvalue weighted by atomic mass is 9.94. The quantitative estimate of drug-likeness (QED) is 0.832. The first-order valence-corrected chi connectivity index (χ1v) is 8.73. The van der Waals surface area contributed by atoms with Crippen molar-refractivity contribution in [3.63, 3.8) is 0 Å². The average molecular weight is 361 g/mol. The van der Waals surface area contributed by atoms with Gasteiger partial charge in [-0.15, -0.1) is 10.2 Å². The van der Waals surface area contributed by atoms with Gasteiger partial charge in [-0.3, -0.25) is 0 Å². The zero-order valence-corrected chi connectivity index (χ0v) is 14.1. The summed E-state index contributed by atoms with van der Waals surface area (Å²) in [5, 5.41) is 17.2. The van der Waals surface area contributed by atoms with Crippen molar-refractivity contribution in [2.45, 2.75) is 43.8 Å². The number of benzene rings is 1. The van der Waals surface area contributed by atoms with Crippen LogP contribution >= 0.6 is 0 Å². The Morgan fingerprint density at radius 3 is 2.46 bits per heavy atom. The van der Waals surface area contributed by atoms with E-state index >= 15 is 0 Å². The summed E-state index contributed by atoms with van der Waals surface area (Å²) in [5.74, 6) is 1.19. The molecule has 136 valence electrons. The standard InChI is InChI=1S/C18H18F3N5/c19-18(20,21)15-9-12(10-22)1-4-16(15)25-7-5-13(6-8-25)17-24-23-11-26(17)14-2-3-14/h1,4,9,11,13-14H,2-3,5-8H2. The van der Waals surface area contributed by atoms with Gasteiger partial charge in [0.05, 0.1) is 17.2 Å². The molecule has 0 bridgehead atoms. The maximum Gasteiger partial charge on any atom is 0.418 e. The molecule has 0 N–H and O–H groups in total. The average Bonchev–Trinajstić information content (AvgIpc) is 3.37. The lowest BCUT2D eigenvalue weighted by molar-refractivity contribution is -0.137. The Morgan fingerprint density at radius 1 is 1.12 bits per heavy atom. The van der Waals surface area contributed by atoms with Crippen LogP contribution in [0.4, 0.5) is 18.9 Å². The second kappa shape index (κ2) is 6.31. The summed E-state index contributed by atoms with van der Waals surface area (Å²) in [6.45, 7) is 1.05. The third kappa shape index (κ3) is 3.14. The molecule has 0 spiro atoms. The fourth-order valence-electron chi connectivity index (χ4n) is 3.66. The number of halogens is 3. The lowest BCUT2D eigenvalue weighted by Crippen LogP contribution is -2.35. The third-order valence-corrected chi connectivity index (χ3v) is 5.17. The van der Waals surface area contributed by atoms with E-state index in [1.54, 1.807) is 17.3 Å². The summed E-state index contributed by atoms with van der Waals surface area (Å²) in [5.41, 5.74) is -0.566. The molecule has 0 unspecified atom stereocenters. The summed E-state index contributed by atoms with van der Waals surface area (Å²) in [6, 6.07) is 6.07. The van der Waals surface area contributed by atoms with Gasteiger partial charge in [-0.1, -0.05) is 0 Å². The van der Waals surface area contributed by atoms with Gasteiger partial charge in [0.25, 0.3) is 0 Å². The molecule has 2 aromatic rings. The Labute approximate surface area is 149 Å². The molecule has 2 aliphatic rings. The van der Waals surface area contributed by atoms with Crippen molar-refractivity contribution in [3.8, 4) is 6.07 Å². The molecule has 1 aromatic heterocycles. The Morgan fingerprint density at radius 2 is 1.85 bits per heavy atom. The Hall–Kier alpha value is -2.56. The summed E-state index contributed by atoms with van der Waals surface area (Å²) in [7, 11) is 0. The molecule has 1 aliphatic heterocycles. The Bertz CT molecular complexity index is 839. The molecule has 2 fully saturated rings. The first-order chi connectivity index (χ1) is 12.5. The number of aromatic nitrogens is 3. The molecule has 26 heavy (non-hydrogen) atoms. The molecule has 8 heteroatoms. The molecule has 1 aromatic carbocycles. The predicted octanol–water partition coefficient (Wildman–Crippen LogP) is 3.89. The first-order valence-electron chi connectivity index (χ1n) is 8.73. The molecule has 2 heterocycles. The van der Waals surface area contributed by atoms with Gasteiger partial charge in [0.1, 0.15) is 12.2 Å². The van der Waals surface area contributed by atoms with E-state index < -0.39 is 11.7 Å². The Balaban J connectivity index is 1.53. The molecule has 1 aliphatic carbocycles. The van der Waals surface area contributed by atoms with Crippen molar-refractivity contribution in [2.75, 3.05) is 18.0 Å². The fraction of sp³-hybridized carbons (Fsp3) is 0.500. The summed E-state index contributed by atoms with van der Waals surface area (Å²) < 4.78 is 42.4. The molecular formula is C18H18F3N5. The summed E-state index contributed by atoms with van der Waals surface area (Å²) in [6.07, 6.45) is 1.05. The smallest absolute Gasteiger partial charge is 0.371 e. The van der Waals surface area contributed by atoms with E-state index in [4.69, 9.17) is 5.26 Å². The summed E-state index contributed by atoms with van der Waals surface area (Å²) >= 11 is 0. The minimum absolute atomic E-state index is 0.0218. The highest BCUT2D eigenvalue weighted by Gasteiger charge is 2.37. The molecule has 0 amide bonds. The van der Waals surface area contributed by atoms with Crippen molar-refractivity contribution in [3.05, 3.63) is 41.5 Å². The van der Waals surface area contributed by atoms with Gasteiger partial charge >= 0.3 is 6.18 Å². The monoisotopic (exact) mass is 361 g/mol. The van der Waals surface area contributed by atoms with Crippen LogP contribution in [0.15, 0.2) is 24.5 Å². The van der Waals surface area contributed by atoms with Crippen LogP contribution in [0.3, 0.4) is 0 Å². The van der Waals surface area contributed by atoms with Crippen LogP contribution in [0, 0.1) is 11.3 Å². The molecular weight excluding hydrogens is 343 g/mol. The van der Waals surface area contributed by atoms with Gasteiger partial charge < -0.3 is 9.47 Å². The van der Waals surface area contributed by atoms with Gasteiger partial charge in [-0.05, 0) is 43.9 Å². The lowest BCUT2D eigenvalue weighted by Gasteiger charge is -2.34. The van der Waals surface area contributed by atoms with Crippen LogP contribution in [0.5, 0.6) is 0 Å². The highest BCUT2D eigenvalue weighted by molar-refractivity contribution is 5.58. The number of alkyl halides is 3. The van der Waals surface area contributed by atoms with E-state index in [1.165, 1.54) is 12.1 Å². The largest absolute Gasteiger partial charge is 0.418 e. The van der Waals surface area contributed by atoms with E-state index in [-0.39, 0.29) is 17.2 Å². The van der Waals surface area contributed by atoms with Crippen LogP contribution in [-0.2, 0) is 6.18 Å². The maximum atomic E-state index is 13.4. The van der Waals surface area contributed by atoms with Crippen LogP contribution in [0.25, 0.3) is 0 Å². The van der Waals surface area contributed by atoms with E-state index in [1.807, 2.05) is 0 Å². The van der Waals surface area contributed by atoms with Crippen LogP contribution in [0.2, 0.25) is 0 Å². The van der Waals surface area contributed by atoms with Crippen molar-refractivity contribution in [1.29, 1.82) is 5.26 Å². The SMILES string of the molecule is N#Cc1ccc(N2CCC(c3nncn3C3CC3)CC2)c(C(F)(F)F)c1. The van der Waals surface area contributed by atoms with E-state index in [0.29, 0.717) is 19.1 Å². The normalized spacial score (nSPS) is 18.8. The van der Waals surface area contributed by atoms with Gasteiger partial charge in [0.2, 0.25) is 0 Å². The number of anilines is 1. The molecule has 5 nitrogen and oxygen atoms in total. The third-order valence-electron chi connectivity index (χ3n) is 5.17. The zero-order chi connectivity index (χ0) is 18.3. The molecule has 0 atom stereocenters. The van der Waals surface area contributed by atoms with Crippen molar-refractivity contribution >= 4 is 5.69 Å². The maximum absolute atomic E-state index is 13.4. The minimum Gasteiger partial charge on any atom is -0.371 e. The zero-order valence-electron chi connectivity index (χ0n) is 14.1. The van der Waals surface area contributed by atoms with E-state index in [9.17, 15) is 13.2 Å². The van der Waals surface area contributed by atoms with E-state index in [2.05, 4.69) is 14.8 Å². The van der Waals surface area contributed by atoms with Crippen LogP contribution in [0.1, 0.15) is 54.6 Å². The van der Waals surface area contributed by atoms with Crippen molar-refractivity contribution in [1.82, 2.24) is 14.8 Å². The molecule has 4 rings (SSSR count). The highest BCUT2D eigenvalue weighted by atomic mass is 19.4. The van der Waals surface area contributed by atoms with Crippen LogP contribution < -0.4 is 4.90 Å². The second-order valence-electron chi connectivity index (χ2n) is 6.93. The topological polar surface area (TPSA) is 57.7 Å². The highest BCUT2D eigenvalue weighted by Crippen LogP contribution is 2.41. The number of hydrogen-bond acceptors (Lipinski definition) is 4. The number of piperidine rings is 1. The number of hydrogen-bond donors (Lipinski definition) is 0. The van der Waals surface area contributed by atoms with Gasteiger partial charge in [0, 0.05) is 30.7 Å². The first kappa shape index (κ1) is 16.9. The van der Waals surface area contributed by atoms with Gasteiger partial charge in [-0.2, -0.15) is 18.4 Å². The van der Waals surface area contributed by atoms with Gasteiger partial charge in [-0.25, -0.2) is 0 Å². The molecule has 1 saturated heterocycles. The fourth-order valence-corrected chi connectivity index (χ4v) is 3.66. The minimum atomic E-state index is -4.48. The Kier molecular flexibility index (Phi) is 4.10. The van der Waals surface area contributed by atoms with E-state index in [0.717, 1.165) is 37.6 Å².